The van der Waals surface area contributed by atoms with Crippen molar-refractivity contribution in [3.63, 3.8) is 0 Å². The molecule has 38 heavy (non-hydrogen) atoms. The van der Waals surface area contributed by atoms with Gasteiger partial charge in [0.2, 0.25) is 5.95 Å². The second-order valence-corrected chi connectivity index (χ2v) is 7.96. The van der Waals surface area contributed by atoms with Gasteiger partial charge >= 0.3 is 23.8 Å². The SMILES string of the molecule is CC#CCn1c(N2CCNCC2)nc2c1c(=O)n(CCOCC)c(=O)n2C(C)C(=O)O.O=C(O)C(F)(F)F. The summed E-state index contributed by atoms with van der Waals surface area (Å²) < 4.78 is 40.8. The number of imidazole rings is 1. The molecule has 1 unspecified atom stereocenters. The zero-order chi connectivity index (χ0) is 28.6. The summed E-state index contributed by atoms with van der Waals surface area (Å²) in [6.45, 7) is 8.56. The van der Waals surface area contributed by atoms with Gasteiger partial charge in [-0.05, 0) is 20.8 Å². The number of nitrogens with one attached hydrogen (secondary N) is 1. The Balaban J connectivity index is 0.000000638. The minimum atomic E-state index is -5.08. The second kappa shape index (κ2) is 13.1. The number of aliphatic carboxylic acids is 2. The molecule has 16 heteroatoms. The van der Waals surface area contributed by atoms with Gasteiger partial charge in [-0.3, -0.25) is 18.5 Å². The third-order valence-electron chi connectivity index (χ3n) is 5.51. The van der Waals surface area contributed by atoms with Crippen LogP contribution in [-0.4, -0.2) is 86.4 Å². The maximum atomic E-state index is 13.4. The van der Waals surface area contributed by atoms with Crippen LogP contribution in [0.15, 0.2) is 9.59 Å². The van der Waals surface area contributed by atoms with E-state index in [2.05, 4.69) is 22.1 Å². The lowest BCUT2D eigenvalue weighted by Gasteiger charge is -2.28. The molecule has 1 saturated heterocycles. The second-order valence-electron chi connectivity index (χ2n) is 7.96. The third-order valence-corrected chi connectivity index (χ3v) is 5.51. The predicted octanol–water partition coefficient (Wildman–Crippen LogP) is 0.108. The van der Waals surface area contributed by atoms with Crippen molar-refractivity contribution < 1.29 is 37.7 Å². The lowest BCUT2D eigenvalue weighted by atomic mass is 10.3. The molecule has 2 aromatic heterocycles. The molecule has 0 saturated carbocycles. The molecule has 13 nitrogen and oxygen atoms in total. The number of nitrogens with zero attached hydrogens (tertiary/aromatic N) is 5. The molecule has 210 valence electrons. The van der Waals surface area contributed by atoms with E-state index in [9.17, 15) is 32.7 Å². The molecule has 0 radical (unpaired) electrons. The number of alkyl halides is 3. The number of carboxylic acids is 2. The normalized spacial score (nSPS) is 14.3. The zero-order valence-electron chi connectivity index (χ0n) is 21.0. The van der Waals surface area contributed by atoms with E-state index in [0.717, 1.165) is 22.2 Å². The van der Waals surface area contributed by atoms with Gasteiger partial charge in [0, 0.05) is 32.8 Å². The van der Waals surface area contributed by atoms with E-state index >= 15 is 0 Å². The van der Waals surface area contributed by atoms with E-state index in [0.29, 0.717) is 25.6 Å². The fourth-order valence-electron chi connectivity index (χ4n) is 3.61. The molecule has 0 aliphatic carbocycles. The van der Waals surface area contributed by atoms with Crippen molar-refractivity contribution in [2.24, 2.45) is 0 Å². The predicted molar refractivity (Wildman–Crippen MR) is 129 cm³/mol. The summed E-state index contributed by atoms with van der Waals surface area (Å²) in [4.78, 5) is 53.8. The van der Waals surface area contributed by atoms with Crippen molar-refractivity contribution in [1.82, 2.24) is 24.0 Å². The van der Waals surface area contributed by atoms with E-state index < -0.39 is 35.4 Å². The first-order chi connectivity index (χ1) is 17.9. The van der Waals surface area contributed by atoms with Crippen LogP contribution in [0, 0.1) is 11.8 Å². The Hall–Kier alpha value is -3.84. The van der Waals surface area contributed by atoms with Gasteiger partial charge in [0.05, 0.1) is 19.7 Å². The summed E-state index contributed by atoms with van der Waals surface area (Å²) >= 11 is 0. The molecule has 3 heterocycles. The van der Waals surface area contributed by atoms with Gasteiger partial charge in [0.1, 0.15) is 6.04 Å². The third kappa shape index (κ3) is 6.92. The van der Waals surface area contributed by atoms with Crippen LogP contribution in [0.4, 0.5) is 19.1 Å². The van der Waals surface area contributed by atoms with Crippen LogP contribution in [0.3, 0.4) is 0 Å². The number of rotatable bonds is 8. The van der Waals surface area contributed by atoms with Crippen LogP contribution in [-0.2, 0) is 27.4 Å². The molecule has 0 bridgehead atoms. The number of hydrogen-bond acceptors (Lipinski definition) is 8. The fraction of sp³-hybridized carbons (Fsp3) is 0.591. The minimum Gasteiger partial charge on any atom is -0.480 e. The average Bonchev–Trinajstić information content (AvgIpc) is 3.24. The highest BCUT2D eigenvalue weighted by Crippen LogP contribution is 2.22. The van der Waals surface area contributed by atoms with Gasteiger partial charge < -0.3 is 25.2 Å². The average molecular weight is 547 g/mol. The van der Waals surface area contributed by atoms with Crippen molar-refractivity contribution in [1.29, 1.82) is 0 Å². The lowest BCUT2D eigenvalue weighted by Crippen LogP contribution is -2.44. The van der Waals surface area contributed by atoms with E-state index in [1.807, 2.05) is 11.8 Å². The van der Waals surface area contributed by atoms with E-state index in [1.54, 1.807) is 11.5 Å². The van der Waals surface area contributed by atoms with Crippen LogP contribution in [0.2, 0.25) is 0 Å². The quantitative estimate of drug-likeness (QED) is 0.306. The van der Waals surface area contributed by atoms with Gasteiger partial charge in [0.15, 0.2) is 11.2 Å². The molecule has 3 N–H and O–H groups in total. The summed E-state index contributed by atoms with van der Waals surface area (Å²) in [5.41, 5.74) is -1.02. The molecule has 0 spiro atoms. The molecule has 0 amide bonds. The van der Waals surface area contributed by atoms with Crippen molar-refractivity contribution in [3.8, 4) is 11.8 Å². The van der Waals surface area contributed by atoms with Gasteiger partial charge in [-0.25, -0.2) is 14.4 Å². The van der Waals surface area contributed by atoms with Crippen molar-refractivity contribution in [3.05, 3.63) is 20.8 Å². The number of fused-ring (bicyclic) bond motifs is 1. The Kier molecular flexibility index (Phi) is 10.5. The standard InChI is InChI=1S/C20H28N6O5.C2HF3O2/c1-4-6-9-24-15-16(22-19(24)23-10-7-21-8-11-23)26(14(3)18(28)29)20(30)25(17(15)27)12-13-31-5-2;3-2(4,5)1(6)7/h14,21H,5,7-13H2,1-3H3,(H,28,29);(H,6,7). The number of anilines is 1. The molecule has 1 aliphatic heterocycles. The van der Waals surface area contributed by atoms with E-state index in [4.69, 9.17) is 14.6 Å². The summed E-state index contributed by atoms with van der Waals surface area (Å²) in [5.74, 6) is 2.34. The Morgan fingerprint density at radius 3 is 2.29 bits per heavy atom. The number of ether oxygens (including phenoxy) is 1. The number of aromatic nitrogens is 4. The highest BCUT2D eigenvalue weighted by molar-refractivity contribution is 5.79. The van der Waals surface area contributed by atoms with Crippen LogP contribution in [0.25, 0.3) is 11.2 Å². The van der Waals surface area contributed by atoms with Crippen LogP contribution in [0.5, 0.6) is 0 Å². The molecule has 1 aliphatic rings. The fourth-order valence-corrected chi connectivity index (χ4v) is 3.61. The highest BCUT2D eigenvalue weighted by Gasteiger charge is 2.38. The monoisotopic (exact) mass is 546 g/mol. The first kappa shape index (κ1) is 30.4. The molecule has 1 atom stereocenters. The molecular weight excluding hydrogens is 517 g/mol. The van der Waals surface area contributed by atoms with Crippen LogP contribution >= 0.6 is 0 Å². The molecular formula is C22H29F3N6O7. The Labute approximate surface area is 214 Å². The lowest BCUT2D eigenvalue weighted by molar-refractivity contribution is -0.192. The van der Waals surface area contributed by atoms with E-state index in [1.165, 1.54) is 6.92 Å². The Morgan fingerprint density at radius 1 is 1.18 bits per heavy atom. The van der Waals surface area contributed by atoms with Crippen molar-refractivity contribution >= 4 is 29.1 Å². The Morgan fingerprint density at radius 2 is 1.79 bits per heavy atom. The first-order valence-electron chi connectivity index (χ1n) is 11.6. The van der Waals surface area contributed by atoms with Gasteiger partial charge in [-0.15, -0.1) is 5.92 Å². The van der Waals surface area contributed by atoms with Crippen LogP contribution < -0.4 is 21.5 Å². The number of carboxylic acid groups (broad SMARTS) is 2. The summed E-state index contributed by atoms with van der Waals surface area (Å²) in [7, 11) is 0. The van der Waals surface area contributed by atoms with Gasteiger partial charge in [0.25, 0.3) is 5.56 Å². The highest BCUT2D eigenvalue weighted by atomic mass is 19.4. The zero-order valence-corrected chi connectivity index (χ0v) is 21.0. The van der Waals surface area contributed by atoms with Gasteiger partial charge in [-0.2, -0.15) is 18.2 Å². The first-order valence-corrected chi connectivity index (χ1v) is 11.6. The largest absolute Gasteiger partial charge is 0.490 e. The molecule has 3 rings (SSSR count). The molecule has 0 aromatic carbocycles. The van der Waals surface area contributed by atoms with Crippen molar-refractivity contribution in [2.75, 3.05) is 44.3 Å². The summed E-state index contributed by atoms with van der Waals surface area (Å²) in [6, 6.07) is -1.20. The molecule has 1 fully saturated rings. The number of carbonyl (C=O) groups is 2. The van der Waals surface area contributed by atoms with Gasteiger partial charge in [-0.1, -0.05) is 5.92 Å². The van der Waals surface area contributed by atoms with Crippen molar-refractivity contribution in [2.45, 2.75) is 46.1 Å². The maximum Gasteiger partial charge on any atom is 0.490 e. The number of halogens is 3. The molecule has 2 aromatic rings. The number of hydrogen-bond donors (Lipinski definition) is 3. The summed E-state index contributed by atoms with van der Waals surface area (Å²) in [6.07, 6.45) is -5.08. The number of piperazine rings is 1. The van der Waals surface area contributed by atoms with Crippen LogP contribution in [0.1, 0.15) is 26.8 Å². The Bertz CT molecular complexity index is 1330. The smallest absolute Gasteiger partial charge is 0.480 e. The maximum absolute atomic E-state index is 13.4. The topological polar surface area (TPSA) is 161 Å². The van der Waals surface area contributed by atoms with E-state index in [-0.39, 0.29) is 30.9 Å². The summed E-state index contributed by atoms with van der Waals surface area (Å²) in [5, 5.41) is 20.0. The minimum absolute atomic E-state index is 0.0153.